The first kappa shape index (κ1) is 19.8. The van der Waals surface area contributed by atoms with Crippen molar-refractivity contribution < 1.29 is 14.9 Å². The molecule has 2 N–H and O–H groups in total. The lowest BCUT2D eigenvalue weighted by Gasteiger charge is -2.28. The molecule has 26 heavy (non-hydrogen) atoms. The topological polar surface area (TPSA) is 56.2 Å². The quantitative estimate of drug-likeness (QED) is 0.806. The Kier molecular flexibility index (Phi) is 6.70. The highest BCUT2D eigenvalue weighted by atomic mass is 16.5. The number of nitrogens with zero attached hydrogens (tertiary/aromatic N) is 2. The summed E-state index contributed by atoms with van der Waals surface area (Å²) in [5.41, 5.74) is 2.02. The van der Waals surface area contributed by atoms with Crippen molar-refractivity contribution in [1.29, 1.82) is 0 Å². The first-order valence-electron chi connectivity index (χ1n) is 9.93. The molecule has 1 aromatic carbocycles. The summed E-state index contributed by atoms with van der Waals surface area (Å²) in [5, 5.41) is 19.9. The van der Waals surface area contributed by atoms with E-state index in [1.54, 1.807) is 0 Å². The van der Waals surface area contributed by atoms with Crippen LogP contribution in [0, 0.1) is 0 Å². The fourth-order valence-corrected chi connectivity index (χ4v) is 3.88. The summed E-state index contributed by atoms with van der Waals surface area (Å²) in [6.45, 7) is 10.00. The maximum atomic E-state index is 10.1. The Bertz CT molecular complexity index is 555. The molecule has 2 aliphatic rings. The summed E-state index contributed by atoms with van der Waals surface area (Å²) in [4.78, 5) is 4.91. The molecular weight excluding hydrogens is 328 g/mol. The maximum Gasteiger partial charge on any atom is 0.0950 e. The minimum atomic E-state index is -0.603. The van der Waals surface area contributed by atoms with Crippen molar-refractivity contribution in [2.75, 3.05) is 39.4 Å². The molecule has 5 nitrogen and oxygen atoms in total. The molecule has 3 rings (SSSR count). The van der Waals surface area contributed by atoms with Gasteiger partial charge in [-0.3, -0.25) is 9.80 Å². The third kappa shape index (κ3) is 5.76. The summed E-state index contributed by atoms with van der Waals surface area (Å²) < 4.78 is 5.42. The Morgan fingerprint density at radius 1 is 1.04 bits per heavy atom. The Balaban J connectivity index is 1.48. The average molecular weight is 363 g/mol. The highest BCUT2D eigenvalue weighted by molar-refractivity contribution is 5.22. The number of aliphatic hydroxyl groups is 2. The second kappa shape index (κ2) is 8.81. The Hall–Kier alpha value is -0.980. The van der Waals surface area contributed by atoms with E-state index in [1.165, 1.54) is 11.1 Å². The summed E-state index contributed by atoms with van der Waals surface area (Å²) in [6.07, 6.45) is 2.49. The van der Waals surface area contributed by atoms with Crippen LogP contribution >= 0.6 is 0 Å². The number of aliphatic hydroxyl groups excluding tert-OH is 1. The molecule has 0 radical (unpaired) electrons. The van der Waals surface area contributed by atoms with Gasteiger partial charge in [-0.15, -0.1) is 0 Å². The molecule has 0 aromatic heterocycles. The van der Waals surface area contributed by atoms with Gasteiger partial charge in [0.25, 0.3) is 0 Å². The SMILES string of the molecule is CC(C)(O)CCc1ccc(CN2CCCN([C@@H]3COC[C@H]3O)CC2)cc1. The van der Waals surface area contributed by atoms with Crippen LogP contribution in [-0.2, 0) is 17.7 Å². The van der Waals surface area contributed by atoms with Crippen LogP contribution < -0.4 is 0 Å². The number of rotatable bonds is 6. The van der Waals surface area contributed by atoms with E-state index < -0.39 is 5.60 Å². The van der Waals surface area contributed by atoms with Gasteiger partial charge in [-0.1, -0.05) is 24.3 Å². The van der Waals surface area contributed by atoms with Crippen molar-refractivity contribution in [3.8, 4) is 0 Å². The first-order valence-corrected chi connectivity index (χ1v) is 9.93. The Morgan fingerprint density at radius 2 is 1.77 bits per heavy atom. The van der Waals surface area contributed by atoms with Crippen molar-refractivity contribution >= 4 is 0 Å². The lowest BCUT2D eigenvalue weighted by Crippen LogP contribution is -2.44. The van der Waals surface area contributed by atoms with Gasteiger partial charge in [0.1, 0.15) is 0 Å². The van der Waals surface area contributed by atoms with E-state index >= 15 is 0 Å². The van der Waals surface area contributed by atoms with Crippen molar-refractivity contribution in [3.63, 3.8) is 0 Å². The van der Waals surface area contributed by atoms with Crippen LogP contribution in [0.3, 0.4) is 0 Å². The van der Waals surface area contributed by atoms with Gasteiger partial charge in [0.15, 0.2) is 0 Å². The van der Waals surface area contributed by atoms with E-state index in [2.05, 4.69) is 34.1 Å². The number of aryl methyl sites for hydroxylation is 1. The molecule has 0 aliphatic carbocycles. The van der Waals surface area contributed by atoms with Crippen LogP contribution in [0.5, 0.6) is 0 Å². The predicted molar refractivity (Wildman–Crippen MR) is 103 cm³/mol. The van der Waals surface area contributed by atoms with Gasteiger partial charge < -0.3 is 14.9 Å². The lowest BCUT2D eigenvalue weighted by atomic mass is 9.98. The summed E-state index contributed by atoms with van der Waals surface area (Å²) in [7, 11) is 0. The first-order chi connectivity index (χ1) is 12.4. The van der Waals surface area contributed by atoms with Crippen LogP contribution in [0.15, 0.2) is 24.3 Å². The van der Waals surface area contributed by atoms with Crippen LogP contribution in [0.1, 0.15) is 37.8 Å². The molecule has 1 aromatic rings. The monoisotopic (exact) mass is 362 g/mol. The maximum absolute atomic E-state index is 10.1. The van der Waals surface area contributed by atoms with E-state index in [0.717, 1.165) is 52.0 Å². The Labute approximate surface area is 157 Å². The second-order valence-corrected chi connectivity index (χ2v) is 8.47. The van der Waals surface area contributed by atoms with Crippen molar-refractivity contribution in [1.82, 2.24) is 9.80 Å². The van der Waals surface area contributed by atoms with Gasteiger partial charge in [0.05, 0.1) is 31.0 Å². The van der Waals surface area contributed by atoms with Gasteiger partial charge in [0.2, 0.25) is 0 Å². The van der Waals surface area contributed by atoms with Crippen molar-refractivity contribution in [3.05, 3.63) is 35.4 Å². The van der Waals surface area contributed by atoms with Crippen molar-refractivity contribution in [2.24, 2.45) is 0 Å². The summed E-state index contributed by atoms with van der Waals surface area (Å²) in [5.74, 6) is 0. The van der Waals surface area contributed by atoms with E-state index in [0.29, 0.717) is 13.2 Å². The number of ether oxygens (including phenoxy) is 1. The van der Waals surface area contributed by atoms with Gasteiger partial charge >= 0.3 is 0 Å². The largest absolute Gasteiger partial charge is 0.390 e. The fraction of sp³-hybridized carbons (Fsp3) is 0.714. The standard InChI is InChI=1S/C21H34N2O3/c1-21(2,25)9-8-17-4-6-18(7-5-17)14-22-10-3-11-23(13-12-22)19-15-26-16-20(19)24/h4-7,19-20,24-25H,3,8-16H2,1-2H3/t19-,20-/m1/s1. The molecular formula is C21H34N2O3. The molecule has 0 spiro atoms. The highest BCUT2D eigenvalue weighted by Crippen LogP contribution is 2.18. The number of hydrogen-bond donors (Lipinski definition) is 2. The zero-order chi connectivity index (χ0) is 18.6. The summed E-state index contributed by atoms with van der Waals surface area (Å²) >= 11 is 0. The molecule has 0 saturated carbocycles. The molecule has 2 saturated heterocycles. The molecule has 2 fully saturated rings. The zero-order valence-electron chi connectivity index (χ0n) is 16.2. The molecule has 0 unspecified atom stereocenters. The van der Waals surface area contributed by atoms with Gasteiger partial charge in [-0.2, -0.15) is 0 Å². The number of hydrogen-bond acceptors (Lipinski definition) is 5. The van der Waals surface area contributed by atoms with Gasteiger partial charge in [-0.05, 0) is 57.3 Å². The van der Waals surface area contributed by atoms with E-state index in [-0.39, 0.29) is 12.1 Å². The van der Waals surface area contributed by atoms with Gasteiger partial charge in [-0.25, -0.2) is 0 Å². The predicted octanol–water partition coefficient (Wildman–Crippen LogP) is 1.66. The van der Waals surface area contributed by atoms with E-state index in [9.17, 15) is 10.2 Å². The normalized spacial score (nSPS) is 26.2. The van der Waals surface area contributed by atoms with Crippen LogP contribution in [-0.4, -0.2) is 77.2 Å². The summed E-state index contributed by atoms with van der Waals surface area (Å²) in [6, 6.07) is 8.99. The molecule has 2 heterocycles. The van der Waals surface area contributed by atoms with Gasteiger partial charge in [0, 0.05) is 19.6 Å². The minimum absolute atomic E-state index is 0.171. The minimum Gasteiger partial charge on any atom is -0.390 e. The fourth-order valence-electron chi connectivity index (χ4n) is 3.88. The molecule has 0 amide bonds. The molecule has 146 valence electrons. The van der Waals surface area contributed by atoms with Crippen LogP contribution in [0.4, 0.5) is 0 Å². The second-order valence-electron chi connectivity index (χ2n) is 8.47. The molecule has 5 heteroatoms. The van der Waals surface area contributed by atoms with E-state index in [4.69, 9.17) is 4.74 Å². The smallest absolute Gasteiger partial charge is 0.0950 e. The zero-order valence-corrected chi connectivity index (χ0v) is 16.2. The molecule has 2 atom stereocenters. The molecule has 2 aliphatic heterocycles. The lowest BCUT2D eigenvalue weighted by molar-refractivity contribution is 0.0714. The third-order valence-electron chi connectivity index (χ3n) is 5.57. The Morgan fingerprint density at radius 3 is 2.42 bits per heavy atom. The third-order valence-corrected chi connectivity index (χ3v) is 5.57. The van der Waals surface area contributed by atoms with Crippen LogP contribution in [0.2, 0.25) is 0 Å². The van der Waals surface area contributed by atoms with Crippen molar-refractivity contribution in [2.45, 2.75) is 57.4 Å². The number of benzene rings is 1. The van der Waals surface area contributed by atoms with Crippen LogP contribution in [0.25, 0.3) is 0 Å². The average Bonchev–Trinajstić information content (AvgIpc) is 2.88. The molecule has 0 bridgehead atoms. The van der Waals surface area contributed by atoms with E-state index in [1.807, 2.05) is 13.8 Å². The highest BCUT2D eigenvalue weighted by Gasteiger charge is 2.32.